The van der Waals surface area contributed by atoms with Gasteiger partial charge in [-0.1, -0.05) is 6.07 Å². The lowest BCUT2D eigenvalue weighted by Crippen LogP contribution is -2.28. The summed E-state index contributed by atoms with van der Waals surface area (Å²) >= 11 is 0. The number of nitrogens with one attached hydrogen (secondary N) is 1. The Morgan fingerprint density at radius 3 is 2.36 bits per heavy atom. The van der Waals surface area contributed by atoms with E-state index in [2.05, 4.69) is 30.0 Å². The molecule has 3 atom stereocenters. The standard InChI is InChI=1S/C23H16F3N9O/c1-11(13-2-5-17(29-10-13)23(24,25)26)35-21-18(16(7-28)34-35)22(36)33-20(32-21)15-4-3-14(15)19-30-8-12(6-27)9-31-19/h2,5,8-11,14-15H,3-4H2,1H3,(H,32,33,36). The minimum absolute atomic E-state index is 0.00142. The average molecular weight is 491 g/mol. The second-order valence-electron chi connectivity index (χ2n) is 8.44. The van der Waals surface area contributed by atoms with Gasteiger partial charge >= 0.3 is 6.18 Å². The Kier molecular flexibility index (Phi) is 5.48. The molecular weight excluding hydrogens is 475 g/mol. The Balaban J connectivity index is 1.55. The van der Waals surface area contributed by atoms with Crippen molar-refractivity contribution in [3.63, 3.8) is 0 Å². The third-order valence-corrected chi connectivity index (χ3v) is 6.37. The van der Waals surface area contributed by atoms with Gasteiger partial charge in [0.05, 0.1) is 11.6 Å². The number of H-pyrrole nitrogens is 1. The van der Waals surface area contributed by atoms with Crippen LogP contribution in [0.1, 0.15) is 71.8 Å². The van der Waals surface area contributed by atoms with Gasteiger partial charge in [0.15, 0.2) is 11.3 Å². The molecule has 3 unspecified atom stereocenters. The first kappa shape index (κ1) is 23.1. The van der Waals surface area contributed by atoms with Crippen LogP contribution in [-0.4, -0.2) is 34.7 Å². The molecule has 0 spiro atoms. The van der Waals surface area contributed by atoms with Crippen LogP contribution in [0.4, 0.5) is 13.2 Å². The van der Waals surface area contributed by atoms with Crippen LogP contribution in [0.2, 0.25) is 0 Å². The van der Waals surface area contributed by atoms with Crippen molar-refractivity contribution in [1.82, 2.24) is 34.7 Å². The Morgan fingerprint density at radius 1 is 1.08 bits per heavy atom. The molecule has 1 saturated carbocycles. The summed E-state index contributed by atoms with van der Waals surface area (Å²) in [5, 5.41) is 22.7. The van der Waals surface area contributed by atoms with Gasteiger partial charge in [0.2, 0.25) is 0 Å². The van der Waals surface area contributed by atoms with E-state index in [1.807, 2.05) is 12.1 Å². The first-order valence-electron chi connectivity index (χ1n) is 10.9. The van der Waals surface area contributed by atoms with E-state index in [1.165, 1.54) is 23.1 Å². The number of hydrogen-bond acceptors (Lipinski definition) is 8. The van der Waals surface area contributed by atoms with Gasteiger partial charge in [0.25, 0.3) is 5.56 Å². The number of pyridine rings is 1. The maximum Gasteiger partial charge on any atom is 0.433 e. The van der Waals surface area contributed by atoms with E-state index >= 15 is 0 Å². The molecule has 0 saturated heterocycles. The molecule has 0 aromatic carbocycles. The summed E-state index contributed by atoms with van der Waals surface area (Å²) in [7, 11) is 0. The molecular formula is C23H16F3N9O. The number of hydrogen-bond donors (Lipinski definition) is 1. The Labute approximate surface area is 201 Å². The smallest absolute Gasteiger partial charge is 0.310 e. The van der Waals surface area contributed by atoms with Crippen molar-refractivity contribution in [2.75, 3.05) is 0 Å². The van der Waals surface area contributed by atoms with Gasteiger partial charge in [0, 0.05) is 30.4 Å². The van der Waals surface area contributed by atoms with Crippen molar-refractivity contribution in [3.8, 4) is 12.1 Å². The van der Waals surface area contributed by atoms with E-state index in [0.29, 0.717) is 29.2 Å². The largest absolute Gasteiger partial charge is 0.433 e. The SMILES string of the molecule is CC(c1ccc(C(F)(F)F)nc1)n1nc(C#N)c2c(=O)[nH]c(C3CCC3c3ncc(C#N)cn3)nc21. The Morgan fingerprint density at radius 2 is 1.81 bits per heavy atom. The van der Waals surface area contributed by atoms with Gasteiger partial charge in [0.1, 0.15) is 34.9 Å². The lowest BCUT2D eigenvalue weighted by atomic mass is 9.72. The van der Waals surface area contributed by atoms with Gasteiger partial charge < -0.3 is 4.98 Å². The highest BCUT2D eigenvalue weighted by atomic mass is 19.4. The molecule has 1 aliphatic rings. The number of aromatic amines is 1. The zero-order valence-electron chi connectivity index (χ0n) is 18.7. The van der Waals surface area contributed by atoms with Crippen molar-refractivity contribution >= 4 is 11.0 Å². The first-order valence-corrected chi connectivity index (χ1v) is 10.9. The van der Waals surface area contributed by atoms with Crippen LogP contribution < -0.4 is 5.56 Å². The van der Waals surface area contributed by atoms with E-state index in [-0.39, 0.29) is 28.6 Å². The van der Waals surface area contributed by atoms with Crippen molar-refractivity contribution in [2.45, 2.75) is 43.8 Å². The van der Waals surface area contributed by atoms with E-state index in [0.717, 1.165) is 18.7 Å². The fraction of sp³-hybridized carbons (Fsp3) is 0.304. The maximum absolute atomic E-state index is 13.0. The fourth-order valence-corrected chi connectivity index (χ4v) is 4.27. The maximum atomic E-state index is 13.0. The number of rotatable bonds is 4. The molecule has 0 aliphatic heterocycles. The molecule has 4 aromatic rings. The van der Waals surface area contributed by atoms with Crippen LogP contribution in [0.3, 0.4) is 0 Å². The summed E-state index contributed by atoms with van der Waals surface area (Å²) in [5.41, 5.74) is -0.835. The number of nitrogens with zero attached hydrogens (tertiary/aromatic N) is 8. The first-order chi connectivity index (χ1) is 17.2. The predicted molar refractivity (Wildman–Crippen MR) is 117 cm³/mol. The lowest BCUT2D eigenvalue weighted by Gasteiger charge is -2.34. The fourth-order valence-electron chi connectivity index (χ4n) is 4.27. The summed E-state index contributed by atoms with van der Waals surface area (Å²) in [6.07, 6.45) is 0.853. The number of nitriles is 2. The molecule has 0 bridgehead atoms. The minimum Gasteiger partial charge on any atom is -0.310 e. The molecule has 1 aliphatic carbocycles. The van der Waals surface area contributed by atoms with Crippen LogP contribution in [0.5, 0.6) is 0 Å². The van der Waals surface area contributed by atoms with Crippen molar-refractivity contribution in [2.24, 2.45) is 0 Å². The van der Waals surface area contributed by atoms with E-state index in [9.17, 15) is 23.2 Å². The quantitative estimate of drug-likeness (QED) is 0.457. The normalized spacial score (nSPS) is 18.3. The topological polar surface area (TPSA) is 150 Å². The molecule has 1 fully saturated rings. The second kappa shape index (κ2) is 8.53. The number of alkyl halides is 3. The lowest BCUT2D eigenvalue weighted by molar-refractivity contribution is -0.141. The molecule has 13 heteroatoms. The molecule has 180 valence electrons. The highest BCUT2D eigenvalue weighted by Gasteiger charge is 2.38. The third kappa shape index (κ3) is 3.84. The average Bonchev–Trinajstić information content (AvgIpc) is 3.22. The van der Waals surface area contributed by atoms with Gasteiger partial charge in [-0.15, -0.1) is 0 Å². The molecule has 1 N–H and O–H groups in total. The van der Waals surface area contributed by atoms with Crippen LogP contribution >= 0.6 is 0 Å². The zero-order valence-corrected chi connectivity index (χ0v) is 18.7. The summed E-state index contributed by atoms with van der Waals surface area (Å²) in [4.78, 5) is 32.4. The highest BCUT2D eigenvalue weighted by molar-refractivity contribution is 5.80. The van der Waals surface area contributed by atoms with Gasteiger partial charge in [-0.05, 0) is 31.4 Å². The van der Waals surface area contributed by atoms with Crippen LogP contribution in [0.25, 0.3) is 11.0 Å². The van der Waals surface area contributed by atoms with E-state index < -0.39 is 23.5 Å². The van der Waals surface area contributed by atoms with Crippen LogP contribution in [0.15, 0.2) is 35.5 Å². The Hall–Kier alpha value is -4.65. The third-order valence-electron chi connectivity index (χ3n) is 6.37. The zero-order chi connectivity index (χ0) is 25.6. The van der Waals surface area contributed by atoms with Gasteiger partial charge in [-0.25, -0.2) is 19.6 Å². The molecule has 4 heterocycles. The van der Waals surface area contributed by atoms with Crippen molar-refractivity contribution in [1.29, 1.82) is 10.5 Å². The number of aromatic nitrogens is 7. The number of fused-ring (bicyclic) bond motifs is 1. The molecule has 0 radical (unpaired) electrons. The predicted octanol–water partition coefficient (Wildman–Crippen LogP) is 3.34. The monoisotopic (exact) mass is 491 g/mol. The molecule has 4 aromatic heterocycles. The number of halogens is 3. The molecule has 0 amide bonds. The summed E-state index contributed by atoms with van der Waals surface area (Å²) in [6, 6.07) is 5.33. The minimum atomic E-state index is -4.57. The molecule has 36 heavy (non-hydrogen) atoms. The molecule has 5 rings (SSSR count). The summed E-state index contributed by atoms with van der Waals surface area (Å²) < 4.78 is 40.1. The van der Waals surface area contributed by atoms with Crippen molar-refractivity contribution < 1.29 is 13.2 Å². The van der Waals surface area contributed by atoms with Crippen LogP contribution in [-0.2, 0) is 6.18 Å². The second-order valence-corrected chi connectivity index (χ2v) is 8.44. The van der Waals surface area contributed by atoms with E-state index in [1.54, 1.807) is 6.92 Å². The van der Waals surface area contributed by atoms with E-state index in [4.69, 9.17) is 5.26 Å². The highest BCUT2D eigenvalue weighted by Crippen LogP contribution is 2.46. The van der Waals surface area contributed by atoms with Crippen molar-refractivity contribution in [3.05, 3.63) is 75.2 Å². The molecule has 10 nitrogen and oxygen atoms in total. The van der Waals surface area contributed by atoms with Gasteiger partial charge in [-0.3, -0.25) is 9.78 Å². The summed E-state index contributed by atoms with van der Waals surface area (Å²) in [6.45, 7) is 1.66. The summed E-state index contributed by atoms with van der Waals surface area (Å²) in [5.74, 6) is 0.581. The van der Waals surface area contributed by atoms with Gasteiger partial charge in [-0.2, -0.15) is 28.8 Å². The Bertz CT molecular complexity index is 1590. The van der Waals surface area contributed by atoms with Crippen LogP contribution in [0, 0.1) is 22.7 Å².